The van der Waals surface area contributed by atoms with Gasteiger partial charge in [-0.3, -0.25) is 4.57 Å². The van der Waals surface area contributed by atoms with Crippen molar-refractivity contribution in [3.05, 3.63) is 0 Å². The minimum Gasteiger partial charge on any atom is -0.756 e. The molecule has 244 valence electrons. The molecule has 0 aromatic carbocycles. The van der Waals surface area contributed by atoms with Crippen molar-refractivity contribution in [2.75, 3.05) is 13.2 Å². The highest BCUT2D eigenvalue weighted by atomic mass is 31.2. The fraction of sp³-hybridized carbons (Fsp3) is 1.00. The number of hydrogen-bond acceptors (Lipinski definition) is 4. The van der Waals surface area contributed by atoms with Gasteiger partial charge in [-0.15, -0.1) is 0 Å². The molecule has 0 radical (unpaired) electrons. The van der Waals surface area contributed by atoms with Crippen molar-refractivity contribution in [2.45, 2.75) is 86.4 Å². The van der Waals surface area contributed by atoms with E-state index in [0.29, 0.717) is 0 Å². The lowest BCUT2D eigenvalue weighted by Gasteiger charge is -2.33. The highest BCUT2D eigenvalue weighted by Gasteiger charge is 2.82. The second-order valence-electron chi connectivity index (χ2n) is 7.73. The zero-order chi connectivity index (χ0) is 31.6. The molecule has 0 rings (SSSR count). The molecule has 0 heterocycles. The van der Waals surface area contributed by atoms with Crippen molar-refractivity contribution in [3.8, 4) is 0 Å². The van der Waals surface area contributed by atoms with E-state index < -0.39 is 107 Å². The molecule has 0 amide bonds. The molecule has 5 nitrogen and oxygen atoms in total. The molecule has 0 aliphatic rings. The van der Waals surface area contributed by atoms with Gasteiger partial charge in [0.2, 0.25) is 0 Å². The average Bonchev–Trinajstić information content (AvgIpc) is 2.70. The van der Waals surface area contributed by atoms with Crippen LogP contribution in [0.25, 0.3) is 0 Å². The highest BCUT2D eigenvalue weighted by molar-refractivity contribution is 7.45. The van der Waals surface area contributed by atoms with E-state index in [2.05, 4.69) is 9.05 Å². The molecular weight excluding hydrogens is 643 g/mol. The number of quaternary nitrogens is 1. The Balaban J connectivity index is 0. The third-order valence-electron chi connectivity index (χ3n) is 4.69. The van der Waals surface area contributed by atoms with E-state index in [4.69, 9.17) is 0 Å². The summed E-state index contributed by atoms with van der Waals surface area (Å²) in [6, 6.07) is 0. The number of phosphoric ester groups is 1. The maximum absolute atomic E-state index is 13.3. The third-order valence-corrected chi connectivity index (χ3v) is 5.69. The van der Waals surface area contributed by atoms with Gasteiger partial charge < -0.3 is 20.1 Å². The second-order valence-corrected chi connectivity index (χ2v) is 9.14. The van der Waals surface area contributed by atoms with Crippen LogP contribution >= 0.6 is 7.82 Å². The zero-order valence-electron chi connectivity index (χ0n) is 19.5. The Morgan fingerprint density at radius 1 is 0.475 bits per heavy atom. The van der Waals surface area contributed by atoms with Crippen molar-refractivity contribution in [2.24, 2.45) is 0 Å². The van der Waals surface area contributed by atoms with Crippen LogP contribution < -0.4 is 11.0 Å². The van der Waals surface area contributed by atoms with Gasteiger partial charge in [0.1, 0.15) is 0 Å². The first-order valence-corrected chi connectivity index (χ1v) is 11.4. The standard InChI is InChI=1S/C16H17F18O4P.H3N/c17-9(18,11(21,22)13(25,26)15(29,30)31)5-1-3-7-37-39(35,36)38-8-4-2-6-10(19,20)12(23,24)14(27,28)16(32,33)34;/h1-8H2,(H,35,36);1H3. The molecule has 0 aromatic rings. The van der Waals surface area contributed by atoms with Crippen LogP contribution in [0.4, 0.5) is 79.0 Å². The highest BCUT2D eigenvalue weighted by Crippen LogP contribution is 2.55. The Bertz CT molecular complexity index is 781. The number of halogens is 18. The zero-order valence-corrected chi connectivity index (χ0v) is 20.4. The van der Waals surface area contributed by atoms with Gasteiger partial charge >= 0.3 is 47.9 Å². The van der Waals surface area contributed by atoms with Crippen LogP contribution in [-0.2, 0) is 13.6 Å². The largest absolute Gasteiger partial charge is 0.756 e. The van der Waals surface area contributed by atoms with Crippen molar-refractivity contribution < 1.29 is 97.5 Å². The molecule has 0 bridgehead atoms. The molecule has 0 spiro atoms. The Kier molecular flexibility index (Phi) is 13.3. The summed E-state index contributed by atoms with van der Waals surface area (Å²) in [5.41, 5.74) is 0. The third kappa shape index (κ3) is 8.90. The van der Waals surface area contributed by atoms with Crippen LogP contribution in [0, 0.1) is 0 Å². The fourth-order valence-electron chi connectivity index (χ4n) is 2.42. The van der Waals surface area contributed by atoms with Crippen molar-refractivity contribution in [3.63, 3.8) is 0 Å². The number of phosphoric acid groups is 1. The van der Waals surface area contributed by atoms with E-state index in [1.165, 1.54) is 0 Å². The minimum absolute atomic E-state index is 0. The number of alkyl halides is 18. The fourth-order valence-corrected chi connectivity index (χ4v) is 3.20. The van der Waals surface area contributed by atoms with Gasteiger partial charge in [0.15, 0.2) is 0 Å². The van der Waals surface area contributed by atoms with Crippen molar-refractivity contribution >= 4 is 7.82 Å². The molecule has 0 aliphatic heterocycles. The molecule has 0 aromatic heterocycles. The van der Waals surface area contributed by atoms with Gasteiger partial charge in [-0.05, 0) is 25.7 Å². The Hall–Kier alpha value is -1.19. The topological polar surface area (TPSA) is 95.1 Å². The normalized spacial score (nSPS) is 15.3. The molecule has 40 heavy (non-hydrogen) atoms. The van der Waals surface area contributed by atoms with Crippen LogP contribution in [0.2, 0.25) is 0 Å². The van der Waals surface area contributed by atoms with Crippen molar-refractivity contribution in [1.29, 1.82) is 0 Å². The molecule has 0 aliphatic carbocycles. The molecular formula is C16H20F18NO4P. The van der Waals surface area contributed by atoms with Crippen LogP contribution in [0.5, 0.6) is 0 Å². The molecule has 4 N–H and O–H groups in total. The van der Waals surface area contributed by atoms with Crippen LogP contribution in [0.3, 0.4) is 0 Å². The number of rotatable bonds is 16. The Morgan fingerprint density at radius 2 is 0.725 bits per heavy atom. The number of unbranched alkanes of at least 4 members (excludes halogenated alkanes) is 2. The monoisotopic (exact) mass is 663 g/mol. The van der Waals surface area contributed by atoms with E-state index in [9.17, 15) is 88.5 Å². The Labute approximate surface area is 212 Å². The molecule has 0 saturated heterocycles. The maximum atomic E-state index is 13.3. The summed E-state index contributed by atoms with van der Waals surface area (Å²) < 4.78 is 247. The van der Waals surface area contributed by atoms with E-state index in [-0.39, 0.29) is 6.15 Å². The van der Waals surface area contributed by atoms with Gasteiger partial charge in [0.25, 0.3) is 7.82 Å². The van der Waals surface area contributed by atoms with Crippen molar-refractivity contribution in [1.82, 2.24) is 6.15 Å². The first-order chi connectivity index (χ1) is 16.9. The molecule has 24 heteroatoms. The van der Waals surface area contributed by atoms with E-state index in [1.54, 1.807) is 0 Å². The second kappa shape index (κ2) is 13.0. The smallest absolute Gasteiger partial charge is 0.460 e. The summed E-state index contributed by atoms with van der Waals surface area (Å²) in [6.07, 6.45) is -23.2. The van der Waals surface area contributed by atoms with Gasteiger partial charge in [0.05, 0.1) is 13.2 Å². The van der Waals surface area contributed by atoms with E-state index in [0.717, 1.165) is 0 Å². The Morgan fingerprint density at radius 3 is 0.950 bits per heavy atom. The lowest BCUT2D eigenvalue weighted by atomic mass is 9.99. The van der Waals surface area contributed by atoms with Gasteiger partial charge in [-0.2, -0.15) is 79.0 Å². The average molecular weight is 663 g/mol. The molecule has 0 atom stereocenters. The van der Waals surface area contributed by atoms with E-state index in [1.807, 2.05) is 0 Å². The molecule has 0 saturated carbocycles. The summed E-state index contributed by atoms with van der Waals surface area (Å²) in [7, 11) is -5.48. The number of hydrogen-bond donors (Lipinski definition) is 1. The minimum atomic E-state index is -7.13. The SMILES string of the molecule is O=P([O-])(OCCCCC(F)(F)C(F)(F)C(F)(F)C(F)(F)F)OCCCCC(F)(F)C(F)(F)C(F)(F)C(F)(F)F.[NH4+]. The predicted molar refractivity (Wildman–Crippen MR) is 95.0 cm³/mol. The maximum Gasteiger partial charge on any atom is 0.460 e. The first kappa shape index (κ1) is 40.9. The summed E-state index contributed by atoms with van der Waals surface area (Å²) in [6.45, 7) is -2.43. The lowest BCUT2D eigenvalue weighted by molar-refractivity contribution is -0.396. The lowest BCUT2D eigenvalue weighted by Crippen LogP contribution is -2.60. The quantitative estimate of drug-likeness (QED) is 0.103. The summed E-state index contributed by atoms with van der Waals surface area (Å²) in [4.78, 5) is 11.4. The molecule has 0 fully saturated rings. The van der Waals surface area contributed by atoms with Gasteiger partial charge in [0, 0.05) is 12.8 Å². The van der Waals surface area contributed by atoms with Crippen LogP contribution in [-0.4, -0.2) is 61.1 Å². The summed E-state index contributed by atoms with van der Waals surface area (Å²) in [5.74, 6) is -39.9. The van der Waals surface area contributed by atoms with Crippen LogP contribution in [0.15, 0.2) is 0 Å². The van der Waals surface area contributed by atoms with Gasteiger partial charge in [-0.1, -0.05) is 0 Å². The molecule has 0 unspecified atom stereocenters. The van der Waals surface area contributed by atoms with Gasteiger partial charge in [-0.25, -0.2) is 0 Å². The van der Waals surface area contributed by atoms with E-state index >= 15 is 0 Å². The summed E-state index contributed by atoms with van der Waals surface area (Å²) >= 11 is 0. The van der Waals surface area contributed by atoms with Crippen LogP contribution in [0.1, 0.15) is 38.5 Å². The summed E-state index contributed by atoms with van der Waals surface area (Å²) in [5, 5.41) is 0. The predicted octanol–water partition coefficient (Wildman–Crippen LogP) is 8.14. The first-order valence-electron chi connectivity index (χ1n) is 9.92.